The summed E-state index contributed by atoms with van der Waals surface area (Å²) in [7, 11) is 0. The van der Waals surface area contributed by atoms with Gasteiger partial charge in [-0.1, -0.05) is 23.4 Å². The Kier molecular flexibility index (Phi) is 4.91. The molecule has 3 rings (SSSR count). The summed E-state index contributed by atoms with van der Waals surface area (Å²) < 4.78 is 40.4. The van der Waals surface area contributed by atoms with Crippen LogP contribution in [0.1, 0.15) is 27.6 Å². The molecule has 7 nitrogen and oxygen atoms in total. The lowest BCUT2D eigenvalue weighted by Gasteiger charge is -2.17. The van der Waals surface area contributed by atoms with Crippen LogP contribution in [0.4, 0.5) is 13.2 Å². The normalized spacial score (nSPS) is 12.7. The molecule has 140 valence electrons. The highest BCUT2D eigenvalue weighted by atomic mass is 19.4. The molecule has 0 spiro atoms. The predicted molar refractivity (Wildman–Crippen MR) is 86.6 cm³/mol. The first-order valence-electron chi connectivity index (χ1n) is 7.69. The van der Waals surface area contributed by atoms with Crippen molar-refractivity contribution in [3.05, 3.63) is 65.6 Å². The third kappa shape index (κ3) is 3.95. The average molecular weight is 378 g/mol. The Morgan fingerprint density at radius 2 is 1.96 bits per heavy atom. The number of benzene rings is 1. The summed E-state index contributed by atoms with van der Waals surface area (Å²) >= 11 is 0. The van der Waals surface area contributed by atoms with Crippen molar-refractivity contribution in [1.29, 1.82) is 0 Å². The van der Waals surface area contributed by atoms with Gasteiger partial charge in [0.15, 0.2) is 0 Å². The number of aliphatic hydroxyl groups is 1. The van der Waals surface area contributed by atoms with E-state index >= 15 is 0 Å². The Labute approximate surface area is 150 Å². The van der Waals surface area contributed by atoms with Crippen LogP contribution in [-0.4, -0.2) is 36.2 Å². The van der Waals surface area contributed by atoms with Gasteiger partial charge < -0.3 is 10.2 Å². The Morgan fingerprint density at radius 1 is 1.22 bits per heavy atom. The van der Waals surface area contributed by atoms with Gasteiger partial charge >= 0.3 is 12.1 Å². The molecule has 0 aliphatic heterocycles. The Balaban J connectivity index is 1.87. The smallest absolute Gasteiger partial charge is 0.416 e. The number of carboxylic acids is 1. The molecular weight excluding hydrogens is 365 g/mol. The maximum atomic E-state index is 13.1. The molecule has 0 amide bonds. The van der Waals surface area contributed by atoms with Crippen molar-refractivity contribution in [1.82, 2.24) is 20.0 Å². The summed E-state index contributed by atoms with van der Waals surface area (Å²) in [4.78, 5) is 15.1. The highest BCUT2D eigenvalue weighted by molar-refractivity contribution is 5.94. The third-order valence-corrected chi connectivity index (χ3v) is 3.85. The second-order valence-corrected chi connectivity index (χ2v) is 5.65. The number of aromatic carboxylic acids is 1. The quantitative estimate of drug-likeness (QED) is 0.708. The number of pyridine rings is 1. The van der Waals surface area contributed by atoms with Crippen molar-refractivity contribution in [3.8, 4) is 11.3 Å². The summed E-state index contributed by atoms with van der Waals surface area (Å²) in [6.07, 6.45) is -2.13. The summed E-state index contributed by atoms with van der Waals surface area (Å²) in [5.74, 6) is -1.18. The third-order valence-electron chi connectivity index (χ3n) is 3.85. The number of aromatic nitrogens is 4. The van der Waals surface area contributed by atoms with Crippen LogP contribution in [0.2, 0.25) is 0 Å². The minimum absolute atomic E-state index is 0.0417. The Hall–Kier alpha value is -3.27. The van der Waals surface area contributed by atoms with E-state index < -0.39 is 23.8 Å². The molecule has 0 fully saturated rings. The van der Waals surface area contributed by atoms with E-state index in [9.17, 15) is 28.2 Å². The highest BCUT2D eigenvalue weighted by Gasteiger charge is 2.34. The van der Waals surface area contributed by atoms with Crippen molar-refractivity contribution in [2.75, 3.05) is 0 Å². The maximum absolute atomic E-state index is 13.1. The van der Waals surface area contributed by atoms with Gasteiger partial charge in [-0.05, 0) is 17.7 Å². The van der Waals surface area contributed by atoms with E-state index in [4.69, 9.17) is 0 Å². The Bertz CT molecular complexity index is 972. The number of carbonyl (C=O) groups is 1. The fraction of sp³-hybridized carbons (Fsp3) is 0.176. The first kappa shape index (κ1) is 18.5. The minimum Gasteiger partial charge on any atom is -0.478 e. The topological polar surface area (TPSA) is 101 Å². The molecule has 0 saturated carbocycles. The molecule has 1 atom stereocenters. The molecule has 1 unspecified atom stereocenters. The van der Waals surface area contributed by atoms with Gasteiger partial charge in [-0.25, -0.2) is 9.48 Å². The lowest BCUT2D eigenvalue weighted by molar-refractivity contribution is -0.139. The summed E-state index contributed by atoms with van der Waals surface area (Å²) in [6, 6.07) is 6.01. The van der Waals surface area contributed by atoms with Crippen LogP contribution in [0.25, 0.3) is 11.3 Å². The van der Waals surface area contributed by atoms with Gasteiger partial charge in [0.25, 0.3) is 0 Å². The minimum atomic E-state index is -4.60. The molecular formula is C17H13F3N4O3. The van der Waals surface area contributed by atoms with Crippen LogP contribution in [0.5, 0.6) is 0 Å². The molecule has 0 radical (unpaired) electrons. The summed E-state index contributed by atoms with van der Waals surface area (Å²) in [5.41, 5.74) is -0.869. The SMILES string of the molecule is O=C(O)c1ccncc1-c1cn(CC(O)c2ccccc2C(F)(F)F)nn1. The van der Waals surface area contributed by atoms with E-state index in [2.05, 4.69) is 15.3 Å². The highest BCUT2D eigenvalue weighted by Crippen LogP contribution is 2.35. The molecule has 3 aromatic rings. The van der Waals surface area contributed by atoms with Gasteiger partial charge in [0, 0.05) is 18.0 Å². The summed E-state index contributed by atoms with van der Waals surface area (Å²) in [6.45, 7) is -0.289. The fourth-order valence-corrected chi connectivity index (χ4v) is 2.62. The largest absolute Gasteiger partial charge is 0.478 e. The first-order valence-corrected chi connectivity index (χ1v) is 7.69. The molecule has 27 heavy (non-hydrogen) atoms. The number of halogens is 3. The van der Waals surface area contributed by atoms with Crippen molar-refractivity contribution in [3.63, 3.8) is 0 Å². The standard InChI is InChI=1S/C17H13F3N4O3/c18-17(19,20)13-4-2-1-3-11(13)15(25)9-24-8-14(22-23-24)12-7-21-6-5-10(12)16(26)27/h1-8,15,25H,9H2,(H,26,27). The van der Waals surface area contributed by atoms with E-state index in [0.29, 0.717) is 0 Å². The van der Waals surface area contributed by atoms with Gasteiger partial charge in [0.05, 0.1) is 30.0 Å². The van der Waals surface area contributed by atoms with Crippen LogP contribution < -0.4 is 0 Å². The van der Waals surface area contributed by atoms with Crippen LogP contribution >= 0.6 is 0 Å². The summed E-state index contributed by atoms with van der Waals surface area (Å²) in [5, 5.41) is 27.0. The van der Waals surface area contributed by atoms with Gasteiger partial charge in [-0.2, -0.15) is 13.2 Å². The number of aliphatic hydroxyl groups excluding tert-OH is 1. The maximum Gasteiger partial charge on any atom is 0.416 e. The van der Waals surface area contributed by atoms with Gasteiger partial charge in [-0.3, -0.25) is 4.98 Å². The van der Waals surface area contributed by atoms with E-state index in [1.807, 2.05) is 0 Å². The zero-order valence-corrected chi connectivity index (χ0v) is 13.6. The second-order valence-electron chi connectivity index (χ2n) is 5.65. The van der Waals surface area contributed by atoms with Crippen molar-refractivity contribution in [2.45, 2.75) is 18.8 Å². The zero-order chi connectivity index (χ0) is 19.6. The average Bonchev–Trinajstić information content (AvgIpc) is 3.09. The number of nitrogens with zero attached hydrogens (tertiary/aromatic N) is 4. The Morgan fingerprint density at radius 3 is 2.67 bits per heavy atom. The van der Waals surface area contributed by atoms with Crippen LogP contribution in [0.15, 0.2) is 48.9 Å². The monoisotopic (exact) mass is 378 g/mol. The number of hydrogen-bond donors (Lipinski definition) is 2. The zero-order valence-electron chi connectivity index (χ0n) is 13.6. The van der Waals surface area contributed by atoms with Gasteiger partial charge in [0.2, 0.25) is 0 Å². The molecule has 2 aromatic heterocycles. The van der Waals surface area contributed by atoms with Gasteiger partial charge in [0.1, 0.15) is 5.69 Å². The van der Waals surface area contributed by atoms with Crippen LogP contribution in [0, 0.1) is 0 Å². The van der Waals surface area contributed by atoms with Crippen molar-refractivity contribution < 1.29 is 28.2 Å². The van der Waals surface area contributed by atoms with E-state index in [1.54, 1.807) is 0 Å². The molecule has 0 aliphatic carbocycles. The lowest BCUT2D eigenvalue weighted by Crippen LogP contribution is -2.15. The van der Waals surface area contributed by atoms with Crippen molar-refractivity contribution >= 4 is 5.97 Å². The van der Waals surface area contributed by atoms with Gasteiger partial charge in [-0.15, -0.1) is 5.10 Å². The lowest BCUT2D eigenvalue weighted by atomic mass is 10.0. The number of hydrogen-bond acceptors (Lipinski definition) is 5. The molecule has 2 N–H and O–H groups in total. The van der Waals surface area contributed by atoms with Crippen LogP contribution in [0.3, 0.4) is 0 Å². The van der Waals surface area contributed by atoms with E-state index in [0.717, 1.165) is 10.7 Å². The van der Waals surface area contributed by atoms with E-state index in [-0.39, 0.29) is 28.9 Å². The number of carboxylic acid groups (broad SMARTS) is 1. The molecule has 10 heteroatoms. The number of rotatable bonds is 5. The van der Waals surface area contributed by atoms with E-state index in [1.165, 1.54) is 42.9 Å². The second kappa shape index (κ2) is 7.16. The number of alkyl halides is 3. The molecule has 0 bridgehead atoms. The fourth-order valence-electron chi connectivity index (χ4n) is 2.62. The molecule has 0 saturated heterocycles. The molecule has 1 aromatic carbocycles. The van der Waals surface area contributed by atoms with Crippen LogP contribution in [-0.2, 0) is 12.7 Å². The molecule has 2 heterocycles. The molecule has 0 aliphatic rings. The first-order chi connectivity index (χ1) is 12.8. The van der Waals surface area contributed by atoms with Crippen molar-refractivity contribution in [2.24, 2.45) is 0 Å². The predicted octanol–water partition coefficient (Wildman–Crippen LogP) is 2.79.